The molecule has 0 radical (unpaired) electrons. The number of nitrogens with one attached hydrogen (secondary N) is 2. The van der Waals surface area contributed by atoms with Crippen molar-refractivity contribution in [2.75, 3.05) is 26.2 Å². The van der Waals surface area contributed by atoms with Crippen LogP contribution in [-0.2, 0) is 6.42 Å². The summed E-state index contributed by atoms with van der Waals surface area (Å²) in [5.74, 6) is 2.20. The molecule has 23 heavy (non-hydrogen) atoms. The fourth-order valence-electron chi connectivity index (χ4n) is 2.78. The summed E-state index contributed by atoms with van der Waals surface area (Å²) in [7, 11) is 0. The topological polar surface area (TPSA) is 78.6 Å². The number of hydrogen-bond donors (Lipinski definition) is 2. The maximum absolute atomic E-state index is 5.11. The Morgan fingerprint density at radius 1 is 1.39 bits per heavy atom. The third-order valence-electron chi connectivity index (χ3n) is 4.11. The van der Waals surface area contributed by atoms with Crippen molar-refractivity contribution < 1.29 is 4.52 Å². The van der Waals surface area contributed by atoms with Gasteiger partial charge in [0.25, 0.3) is 0 Å². The number of guanidine groups is 1. The van der Waals surface area contributed by atoms with Gasteiger partial charge in [0.05, 0.1) is 6.54 Å². The second-order valence-corrected chi connectivity index (χ2v) is 6.29. The Kier molecular flexibility index (Phi) is 6.83. The quantitative estimate of drug-likeness (QED) is 0.608. The highest BCUT2D eigenvalue weighted by molar-refractivity contribution is 5.80. The van der Waals surface area contributed by atoms with Gasteiger partial charge in [-0.2, -0.15) is 4.98 Å². The molecule has 0 atom stereocenters. The number of rotatable bonds is 6. The fraction of sp³-hybridized carbons (Fsp3) is 0.812. The zero-order valence-corrected chi connectivity index (χ0v) is 14.8. The lowest BCUT2D eigenvalue weighted by atomic mass is 10.0. The number of piperidine rings is 1. The minimum absolute atomic E-state index is 0.494. The van der Waals surface area contributed by atoms with E-state index in [1.807, 2.05) is 6.92 Å². The lowest BCUT2D eigenvalue weighted by Gasteiger charge is -2.35. The van der Waals surface area contributed by atoms with Gasteiger partial charge in [-0.05, 0) is 40.5 Å². The molecule has 2 heterocycles. The molecule has 0 amide bonds. The lowest BCUT2D eigenvalue weighted by molar-refractivity contribution is 0.167. The Morgan fingerprint density at radius 2 is 2.13 bits per heavy atom. The largest absolute Gasteiger partial charge is 0.357 e. The van der Waals surface area contributed by atoms with Crippen LogP contribution in [0.25, 0.3) is 0 Å². The average molecular weight is 322 g/mol. The number of aromatic nitrogens is 2. The van der Waals surface area contributed by atoms with E-state index in [-0.39, 0.29) is 0 Å². The summed E-state index contributed by atoms with van der Waals surface area (Å²) in [6.07, 6.45) is 2.99. The van der Waals surface area contributed by atoms with Gasteiger partial charge in [0.15, 0.2) is 11.8 Å². The molecular weight excluding hydrogens is 292 g/mol. The summed E-state index contributed by atoms with van der Waals surface area (Å²) in [6.45, 7) is 12.2. The normalized spacial score (nSPS) is 17.7. The Hall–Kier alpha value is -1.63. The van der Waals surface area contributed by atoms with Crippen molar-refractivity contribution in [1.82, 2.24) is 25.7 Å². The van der Waals surface area contributed by atoms with E-state index in [0.29, 0.717) is 36.8 Å². The van der Waals surface area contributed by atoms with Crippen molar-refractivity contribution in [2.45, 2.75) is 59.0 Å². The van der Waals surface area contributed by atoms with Gasteiger partial charge in [-0.25, -0.2) is 0 Å². The van der Waals surface area contributed by atoms with Gasteiger partial charge in [0.2, 0.25) is 5.89 Å². The third-order valence-corrected chi connectivity index (χ3v) is 4.11. The molecule has 0 aromatic carbocycles. The minimum Gasteiger partial charge on any atom is -0.357 e. The van der Waals surface area contributed by atoms with Gasteiger partial charge in [-0.1, -0.05) is 5.16 Å². The molecule has 2 rings (SSSR count). The van der Waals surface area contributed by atoms with Gasteiger partial charge in [0, 0.05) is 38.1 Å². The molecule has 1 aromatic rings. The Bertz CT molecular complexity index is 491. The first-order chi connectivity index (χ1) is 11.1. The van der Waals surface area contributed by atoms with Crippen LogP contribution >= 0.6 is 0 Å². The highest BCUT2D eigenvalue weighted by Gasteiger charge is 2.21. The van der Waals surface area contributed by atoms with Crippen molar-refractivity contribution in [2.24, 2.45) is 4.99 Å². The van der Waals surface area contributed by atoms with Gasteiger partial charge in [-0.3, -0.25) is 4.99 Å². The van der Waals surface area contributed by atoms with E-state index in [0.717, 1.165) is 38.4 Å². The van der Waals surface area contributed by atoms with Crippen LogP contribution in [0.4, 0.5) is 0 Å². The summed E-state index contributed by atoms with van der Waals surface area (Å²) in [5, 5.41) is 10.7. The van der Waals surface area contributed by atoms with E-state index in [9.17, 15) is 0 Å². The molecule has 0 aliphatic carbocycles. The molecule has 7 nitrogen and oxygen atoms in total. The number of aryl methyl sites for hydroxylation is 1. The molecule has 1 saturated heterocycles. The Balaban J connectivity index is 1.80. The van der Waals surface area contributed by atoms with Crippen LogP contribution in [0.15, 0.2) is 9.52 Å². The fourth-order valence-corrected chi connectivity index (χ4v) is 2.78. The molecule has 1 aliphatic rings. The van der Waals surface area contributed by atoms with E-state index < -0.39 is 0 Å². The highest BCUT2D eigenvalue weighted by Crippen LogP contribution is 2.12. The number of nitrogens with zero attached hydrogens (tertiary/aromatic N) is 4. The van der Waals surface area contributed by atoms with E-state index in [1.165, 1.54) is 0 Å². The van der Waals surface area contributed by atoms with Crippen LogP contribution in [0.3, 0.4) is 0 Å². The molecule has 1 fully saturated rings. The first-order valence-corrected chi connectivity index (χ1v) is 8.66. The molecule has 0 saturated carbocycles. The second-order valence-electron chi connectivity index (χ2n) is 6.29. The van der Waals surface area contributed by atoms with Crippen LogP contribution in [0.2, 0.25) is 0 Å². The van der Waals surface area contributed by atoms with Crippen molar-refractivity contribution in [3.05, 3.63) is 11.7 Å². The average Bonchev–Trinajstić information content (AvgIpc) is 2.93. The molecule has 2 N–H and O–H groups in total. The van der Waals surface area contributed by atoms with Gasteiger partial charge in [0.1, 0.15) is 0 Å². The van der Waals surface area contributed by atoms with E-state index in [1.54, 1.807) is 0 Å². The van der Waals surface area contributed by atoms with E-state index >= 15 is 0 Å². The summed E-state index contributed by atoms with van der Waals surface area (Å²) in [4.78, 5) is 11.3. The molecule has 0 bridgehead atoms. The van der Waals surface area contributed by atoms with Gasteiger partial charge in [-0.15, -0.1) is 0 Å². The predicted octanol–water partition coefficient (Wildman–Crippen LogP) is 1.35. The minimum atomic E-state index is 0.494. The maximum Gasteiger partial charge on any atom is 0.228 e. The second kappa shape index (κ2) is 8.86. The Morgan fingerprint density at radius 3 is 2.70 bits per heavy atom. The van der Waals surface area contributed by atoms with Crippen LogP contribution < -0.4 is 10.6 Å². The smallest absolute Gasteiger partial charge is 0.228 e. The van der Waals surface area contributed by atoms with Crippen molar-refractivity contribution in [3.63, 3.8) is 0 Å². The molecule has 0 spiro atoms. The molecule has 1 aromatic heterocycles. The first-order valence-electron chi connectivity index (χ1n) is 8.66. The third kappa shape index (κ3) is 5.82. The summed E-state index contributed by atoms with van der Waals surface area (Å²) in [6, 6.07) is 1.13. The SMILES string of the molecule is CCNC(=NCCc1nc(C)no1)NC1CCN(C(C)C)CC1. The summed E-state index contributed by atoms with van der Waals surface area (Å²) >= 11 is 0. The Labute approximate surface area is 138 Å². The molecule has 1 aliphatic heterocycles. The van der Waals surface area contributed by atoms with Crippen LogP contribution in [0.5, 0.6) is 0 Å². The van der Waals surface area contributed by atoms with Crippen LogP contribution in [0, 0.1) is 6.92 Å². The highest BCUT2D eigenvalue weighted by atomic mass is 16.5. The van der Waals surface area contributed by atoms with Crippen LogP contribution in [0.1, 0.15) is 45.3 Å². The molecular formula is C16H30N6O. The zero-order valence-electron chi connectivity index (χ0n) is 14.8. The molecule has 7 heteroatoms. The van der Waals surface area contributed by atoms with Crippen molar-refractivity contribution in [1.29, 1.82) is 0 Å². The molecule has 0 unspecified atom stereocenters. The van der Waals surface area contributed by atoms with Gasteiger partial charge < -0.3 is 20.1 Å². The zero-order chi connectivity index (χ0) is 16.7. The van der Waals surface area contributed by atoms with Crippen molar-refractivity contribution >= 4 is 5.96 Å². The monoisotopic (exact) mass is 322 g/mol. The molecule has 130 valence electrons. The first kappa shape index (κ1) is 17.7. The predicted molar refractivity (Wildman–Crippen MR) is 91.6 cm³/mol. The number of likely N-dealkylation sites (tertiary alicyclic amines) is 1. The van der Waals surface area contributed by atoms with Crippen molar-refractivity contribution in [3.8, 4) is 0 Å². The van der Waals surface area contributed by atoms with Crippen LogP contribution in [-0.4, -0.2) is 59.3 Å². The summed E-state index contributed by atoms with van der Waals surface area (Å²) in [5.41, 5.74) is 0. The van der Waals surface area contributed by atoms with Gasteiger partial charge >= 0.3 is 0 Å². The summed E-state index contributed by atoms with van der Waals surface area (Å²) < 4.78 is 5.11. The lowest BCUT2D eigenvalue weighted by Crippen LogP contribution is -2.49. The van der Waals surface area contributed by atoms with E-state index in [2.05, 4.69) is 51.4 Å². The maximum atomic E-state index is 5.11. The number of aliphatic imine (C=N–C) groups is 1. The standard InChI is InChI=1S/C16H30N6O/c1-5-17-16(18-9-6-15-19-13(4)21-23-15)20-14-7-10-22(11-8-14)12(2)3/h12,14H,5-11H2,1-4H3,(H2,17,18,20). The van der Waals surface area contributed by atoms with E-state index in [4.69, 9.17) is 4.52 Å². The number of hydrogen-bond acceptors (Lipinski definition) is 5.